The van der Waals surface area contributed by atoms with Gasteiger partial charge in [-0.15, -0.1) is 0 Å². The maximum Gasteiger partial charge on any atom is 0.240 e. The SMILES string of the molecule is CC(=O)N1CC(C)(C)Oc2ccc(S(=O)(=O)NCCCO)cc21. The molecule has 0 aliphatic carbocycles. The van der Waals surface area contributed by atoms with Gasteiger partial charge in [0, 0.05) is 20.1 Å². The van der Waals surface area contributed by atoms with Crippen LogP contribution in [0.5, 0.6) is 5.75 Å². The fourth-order valence-electron chi connectivity index (χ4n) is 2.41. The van der Waals surface area contributed by atoms with Crippen LogP contribution in [0.3, 0.4) is 0 Å². The van der Waals surface area contributed by atoms with E-state index >= 15 is 0 Å². The van der Waals surface area contributed by atoms with Gasteiger partial charge in [-0.1, -0.05) is 0 Å². The predicted molar refractivity (Wildman–Crippen MR) is 86.1 cm³/mol. The second-order valence-corrected chi connectivity index (χ2v) is 7.84. The summed E-state index contributed by atoms with van der Waals surface area (Å²) in [7, 11) is -3.70. The molecule has 128 valence electrons. The van der Waals surface area contributed by atoms with E-state index in [1.165, 1.54) is 24.0 Å². The first kappa shape index (κ1) is 17.7. The fraction of sp³-hybridized carbons (Fsp3) is 0.533. The number of carbonyl (C=O) groups excluding carboxylic acids is 1. The van der Waals surface area contributed by atoms with E-state index in [0.29, 0.717) is 24.4 Å². The third-order valence-electron chi connectivity index (χ3n) is 3.46. The van der Waals surface area contributed by atoms with Crippen molar-refractivity contribution in [1.82, 2.24) is 4.72 Å². The maximum absolute atomic E-state index is 12.3. The van der Waals surface area contributed by atoms with E-state index in [0.717, 1.165) is 0 Å². The molecular weight excluding hydrogens is 320 g/mol. The highest BCUT2D eigenvalue weighted by Gasteiger charge is 2.34. The zero-order chi connectivity index (χ0) is 17.3. The number of anilines is 1. The summed E-state index contributed by atoms with van der Waals surface area (Å²) in [6, 6.07) is 4.44. The molecule has 0 spiro atoms. The number of rotatable bonds is 5. The standard InChI is InChI=1S/C15H22N2O5S/c1-11(19)17-10-15(2,3)22-14-6-5-12(9-13(14)17)23(20,21)16-7-4-8-18/h5-6,9,16,18H,4,7-8,10H2,1-3H3. The third kappa shape index (κ3) is 4.01. The molecular formula is C15H22N2O5S. The molecule has 1 amide bonds. The highest BCUT2D eigenvalue weighted by atomic mass is 32.2. The van der Waals surface area contributed by atoms with Gasteiger partial charge >= 0.3 is 0 Å². The Morgan fingerprint density at radius 3 is 2.74 bits per heavy atom. The van der Waals surface area contributed by atoms with Crippen LogP contribution in [-0.2, 0) is 14.8 Å². The molecule has 7 nitrogen and oxygen atoms in total. The normalized spacial score (nSPS) is 16.6. The van der Waals surface area contributed by atoms with Crippen molar-refractivity contribution in [3.05, 3.63) is 18.2 Å². The molecule has 0 unspecified atom stereocenters. The predicted octanol–water partition coefficient (Wildman–Crippen LogP) is 0.871. The molecule has 0 bridgehead atoms. The van der Waals surface area contributed by atoms with Crippen LogP contribution >= 0.6 is 0 Å². The molecule has 23 heavy (non-hydrogen) atoms. The number of fused-ring (bicyclic) bond motifs is 1. The van der Waals surface area contributed by atoms with Crippen molar-refractivity contribution in [3.63, 3.8) is 0 Å². The molecule has 0 aromatic heterocycles. The molecule has 0 atom stereocenters. The summed E-state index contributed by atoms with van der Waals surface area (Å²) in [6.45, 7) is 5.58. The van der Waals surface area contributed by atoms with Gasteiger partial charge in [-0.25, -0.2) is 13.1 Å². The summed E-state index contributed by atoms with van der Waals surface area (Å²) in [5, 5.41) is 8.74. The second kappa shape index (κ2) is 6.46. The van der Waals surface area contributed by atoms with E-state index in [4.69, 9.17) is 9.84 Å². The van der Waals surface area contributed by atoms with Crippen molar-refractivity contribution in [2.45, 2.75) is 37.7 Å². The van der Waals surface area contributed by atoms with Crippen LogP contribution in [0.25, 0.3) is 0 Å². The lowest BCUT2D eigenvalue weighted by Crippen LogP contribution is -2.48. The Morgan fingerprint density at radius 2 is 2.13 bits per heavy atom. The number of benzene rings is 1. The Labute approximate surface area is 136 Å². The monoisotopic (exact) mass is 342 g/mol. The number of amides is 1. The number of hydrogen-bond acceptors (Lipinski definition) is 5. The number of nitrogens with one attached hydrogen (secondary N) is 1. The van der Waals surface area contributed by atoms with Crippen LogP contribution in [0.2, 0.25) is 0 Å². The number of carbonyl (C=O) groups is 1. The largest absolute Gasteiger partial charge is 0.484 e. The van der Waals surface area contributed by atoms with Crippen molar-refractivity contribution >= 4 is 21.6 Å². The van der Waals surface area contributed by atoms with Crippen molar-refractivity contribution in [2.75, 3.05) is 24.6 Å². The van der Waals surface area contributed by atoms with Gasteiger partial charge in [-0.05, 0) is 38.5 Å². The lowest BCUT2D eigenvalue weighted by atomic mass is 10.1. The molecule has 1 aromatic rings. The van der Waals surface area contributed by atoms with Gasteiger partial charge in [-0.3, -0.25) is 4.79 Å². The summed E-state index contributed by atoms with van der Waals surface area (Å²) in [5.41, 5.74) is -0.0971. The van der Waals surface area contributed by atoms with Crippen LogP contribution in [0.4, 0.5) is 5.69 Å². The summed E-state index contributed by atoms with van der Waals surface area (Å²) in [6.07, 6.45) is 0.334. The van der Waals surface area contributed by atoms with Crippen molar-refractivity contribution < 1.29 is 23.1 Å². The highest BCUT2D eigenvalue weighted by molar-refractivity contribution is 7.89. The Hall–Kier alpha value is -1.64. The third-order valence-corrected chi connectivity index (χ3v) is 4.92. The van der Waals surface area contributed by atoms with Gasteiger partial charge in [0.25, 0.3) is 0 Å². The molecule has 1 aliphatic rings. The molecule has 0 saturated heterocycles. The molecule has 1 aliphatic heterocycles. The number of aliphatic hydroxyl groups is 1. The highest BCUT2D eigenvalue weighted by Crippen LogP contribution is 2.38. The summed E-state index contributed by atoms with van der Waals surface area (Å²) in [5.74, 6) is 0.302. The fourth-order valence-corrected chi connectivity index (χ4v) is 3.50. The molecule has 2 N–H and O–H groups in total. The van der Waals surface area contributed by atoms with Crippen LogP contribution in [-0.4, -0.2) is 44.7 Å². The molecule has 8 heteroatoms. The first-order chi connectivity index (χ1) is 10.7. The second-order valence-electron chi connectivity index (χ2n) is 6.07. The van der Waals surface area contributed by atoms with Gasteiger partial charge in [0.1, 0.15) is 11.4 Å². The van der Waals surface area contributed by atoms with Crippen LogP contribution in [0.1, 0.15) is 27.2 Å². The van der Waals surface area contributed by atoms with E-state index in [1.807, 2.05) is 13.8 Å². The Bertz CT molecular complexity index is 700. The van der Waals surface area contributed by atoms with Crippen LogP contribution in [0.15, 0.2) is 23.1 Å². The first-order valence-corrected chi connectivity index (χ1v) is 8.86. The lowest BCUT2D eigenvalue weighted by molar-refractivity contribution is -0.117. The molecule has 0 radical (unpaired) electrons. The topological polar surface area (TPSA) is 95.9 Å². The van der Waals surface area contributed by atoms with E-state index in [1.54, 1.807) is 6.07 Å². The summed E-state index contributed by atoms with van der Waals surface area (Å²) in [4.78, 5) is 13.5. The van der Waals surface area contributed by atoms with Crippen molar-refractivity contribution in [3.8, 4) is 5.75 Å². The minimum atomic E-state index is -3.70. The molecule has 0 fully saturated rings. The molecule has 1 heterocycles. The molecule has 1 aromatic carbocycles. The van der Waals surface area contributed by atoms with E-state index in [-0.39, 0.29) is 24.0 Å². The average molecular weight is 342 g/mol. The Kier molecular flexibility index (Phi) is 4.98. The molecule has 0 saturated carbocycles. The van der Waals surface area contributed by atoms with Gasteiger partial charge in [0.2, 0.25) is 15.9 Å². The Morgan fingerprint density at radius 1 is 1.43 bits per heavy atom. The smallest absolute Gasteiger partial charge is 0.240 e. The van der Waals surface area contributed by atoms with E-state index in [9.17, 15) is 13.2 Å². The number of hydrogen-bond donors (Lipinski definition) is 2. The quantitative estimate of drug-likeness (QED) is 0.774. The Balaban J connectivity index is 2.38. The van der Waals surface area contributed by atoms with Crippen molar-refractivity contribution in [1.29, 1.82) is 0 Å². The zero-order valence-corrected chi connectivity index (χ0v) is 14.3. The van der Waals surface area contributed by atoms with Gasteiger partial charge in [0.15, 0.2) is 0 Å². The van der Waals surface area contributed by atoms with Gasteiger partial charge in [-0.2, -0.15) is 0 Å². The number of ether oxygens (including phenoxy) is 1. The minimum absolute atomic E-state index is 0.0590. The van der Waals surface area contributed by atoms with Crippen LogP contribution in [0, 0.1) is 0 Å². The zero-order valence-electron chi connectivity index (χ0n) is 13.5. The van der Waals surface area contributed by atoms with Crippen molar-refractivity contribution in [2.24, 2.45) is 0 Å². The number of nitrogens with zero attached hydrogens (tertiary/aromatic N) is 1. The van der Waals surface area contributed by atoms with Gasteiger partial charge < -0.3 is 14.7 Å². The maximum atomic E-state index is 12.3. The first-order valence-electron chi connectivity index (χ1n) is 7.38. The average Bonchev–Trinajstić information content (AvgIpc) is 2.45. The molecule has 2 rings (SSSR count). The minimum Gasteiger partial charge on any atom is -0.484 e. The van der Waals surface area contributed by atoms with Gasteiger partial charge in [0.05, 0.1) is 17.1 Å². The van der Waals surface area contributed by atoms with E-state index < -0.39 is 15.6 Å². The lowest BCUT2D eigenvalue weighted by Gasteiger charge is -2.39. The number of sulfonamides is 1. The summed E-state index contributed by atoms with van der Waals surface area (Å²) >= 11 is 0. The van der Waals surface area contributed by atoms with E-state index in [2.05, 4.69) is 4.72 Å². The van der Waals surface area contributed by atoms with Crippen LogP contribution < -0.4 is 14.4 Å². The summed E-state index contributed by atoms with van der Waals surface area (Å²) < 4.78 is 32.8. The number of aliphatic hydroxyl groups excluding tert-OH is 1.